The largest absolute Gasteiger partial charge is 0.393 e. The Morgan fingerprint density at radius 3 is 2.08 bits per heavy atom. The van der Waals surface area contributed by atoms with Crippen molar-refractivity contribution in [3.63, 3.8) is 0 Å². The van der Waals surface area contributed by atoms with Gasteiger partial charge in [0.15, 0.2) is 0 Å². The highest BCUT2D eigenvalue weighted by Crippen LogP contribution is 2.26. The second-order valence-corrected chi connectivity index (χ2v) is 10.7. The quantitative estimate of drug-likeness (QED) is 0.533. The monoisotopic (exact) mass is 200 g/mol. The molecule has 0 aliphatic heterocycles. The minimum atomic E-state index is -1.08. The minimum Gasteiger partial charge on any atom is -0.393 e. The third-order valence-corrected chi connectivity index (χ3v) is 4.01. The molecule has 1 N–H and O–H groups in total. The summed E-state index contributed by atoms with van der Waals surface area (Å²) in [5.41, 5.74) is 1.14. The van der Waals surface area contributed by atoms with Gasteiger partial charge in [-0.25, -0.2) is 0 Å². The number of aliphatic hydroxyl groups is 1. The summed E-state index contributed by atoms with van der Waals surface area (Å²) in [7, 11) is -1.08. The predicted octanol–water partition coefficient (Wildman–Crippen LogP) is 3.29. The molecule has 0 amide bonds. The molecule has 0 aromatic heterocycles. The van der Waals surface area contributed by atoms with Gasteiger partial charge < -0.3 is 5.11 Å². The summed E-state index contributed by atoms with van der Waals surface area (Å²) in [6, 6.07) is 1.15. The van der Waals surface area contributed by atoms with Crippen molar-refractivity contribution < 1.29 is 5.11 Å². The van der Waals surface area contributed by atoms with Crippen LogP contribution >= 0.6 is 0 Å². The maximum atomic E-state index is 9.81. The molecule has 0 saturated carbocycles. The molecular weight excluding hydrogens is 176 g/mol. The van der Waals surface area contributed by atoms with E-state index in [1.165, 1.54) is 0 Å². The van der Waals surface area contributed by atoms with Crippen LogP contribution in [0.15, 0.2) is 12.2 Å². The van der Waals surface area contributed by atoms with Crippen LogP contribution in [-0.4, -0.2) is 19.3 Å². The fourth-order valence-electron chi connectivity index (χ4n) is 1.58. The minimum absolute atomic E-state index is 0.191. The summed E-state index contributed by atoms with van der Waals surface area (Å²) < 4.78 is 0. The Bertz CT molecular complexity index is 169. The lowest BCUT2D eigenvalue weighted by atomic mass is 9.96. The van der Waals surface area contributed by atoms with E-state index in [9.17, 15) is 5.11 Å². The van der Waals surface area contributed by atoms with E-state index in [1.54, 1.807) is 0 Å². The van der Waals surface area contributed by atoms with Gasteiger partial charge in [0.25, 0.3) is 0 Å². The summed E-state index contributed by atoms with van der Waals surface area (Å²) >= 11 is 0. The zero-order chi connectivity index (χ0) is 10.6. The molecule has 2 unspecified atom stereocenters. The van der Waals surface area contributed by atoms with Gasteiger partial charge in [0.05, 0.1) is 6.10 Å². The molecule has 0 radical (unpaired) electrons. The maximum absolute atomic E-state index is 9.81. The second kappa shape index (κ2) is 4.96. The van der Waals surface area contributed by atoms with E-state index in [0.29, 0.717) is 5.92 Å². The van der Waals surface area contributed by atoms with Crippen molar-refractivity contribution in [2.45, 2.75) is 52.1 Å². The van der Waals surface area contributed by atoms with E-state index in [4.69, 9.17) is 0 Å². The summed E-state index contributed by atoms with van der Waals surface area (Å²) in [6.07, 6.45) is 0.645. The summed E-state index contributed by atoms with van der Waals surface area (Å²) in [5.74, 6) is 0.316. The van der Waals surface area contributed by atoms with Crippen molar-refractivity contribution in [1.82, 2.24) is 0 Å². The average molecular weight is 200 g/mol. The summed E-state index contributed by atoms with van der Waals surface area (Å²) in [5, 5.41) is 9.81. The highest BCUT2D eigenvalue weighted by atomic mass is 28.3. The number of hydrogen-bond acceptors (Lipinski definition) is 1. The van der Waals surface area contributed by atoms with Crippen LogP contribution in [0.25, 0.3) is 0 Å². The van der Waals surface area contributed by atoms with E-state index in [2.05, 4.69) is 26.2 Å². The molecule has 0 aliphatic rings. The lowest BCUT2D eigenvalue weighted by Gasteiger charge is -2.28. The van der Waals surface area contributed by atoms with Gasteiger partial charge in [-0.2, -0.15) is 0 Å². The molecule has 13 heavy (non-hydrogen) atoms. The molecule has 0 heterocycles. The van der Waals surface area contributed by atoms with Gasteiger partial charge in [0.2, 0.25) is 0 Å². The molecule has 2 heteroatoms. The summed E-state index contributed by atoms with van der Waals surface area (Å²) in [4.78, 5) is 0. The van der Waals surface area contributed by atoms with E-state index in [0.717, 1.165) is 18.0 Å². The Morgan fingerprint density at radius 1 is 1.38 bits per heavy atom. The zero-order valence-corrected chi connectivity index (χ0v) is 10.7. The van der Waals surface area contributed by atoms with Gasteiger partial charge in [0, 0.05) is 14.0 Å². The van der Waals surface area contributed by atoms with Crippen LogP contribution in [0.4, 0.5) is 0 Å². The van der Waals surface area contributed by atoms with Gasteiger partial charge in [-0.3, -0.25) is 0 Å². The SMILES string of the molecule is C=C(C)C(C[Si](C)(C)C)C(O)CC. The topological polar surface area (TPSA) is 20.2 Å². The molecule has 0 bridgehead atoms. The zero-order valence-electron chi connectivity index (χ0n) is 9.72. The molecule has 0 spiro atoms. The van der Waals surface area contributed by atoms with Crippen molar-refractivity contribution in [1.29, 1.82) is 0 Å². The third kappa shape index (κ3) is 5.27. The van der Waals surface area contributed by atoms with Crippen LogP contribution in [0.5, 0.6) is 0 Å². The van der Waals surface area contributed by atoms with Gasteiger partial charge in [0.1, 0.15) is 0 Å². The molecule has 0 aromatic carbocycles. The number of aliphatic hydroxyl groups excluding tert-OH is 1. The molecule has 0 aromatic rings. The average Bonchev–Trinajstić information content (AvgIpc) is 1.96. The van der Waals surface area contributed by atoms with Crippen molar-refractivity contribution >= 4 is 8.07 Å². The Balaban J connectivity index is 4.36. The van der Waals surface area contributed by atoms with Crippen LogP contribution in [0.1, 0.15) is 20.3 Å². The first-order valence-corrected chi connectivity index (χ1v) is 8.82. The molecule has 1 nitrogen and oxygen atoms in total. The lowest BCUT2D eigenvalue weighted by Crippen LogP contribution is -2.30. The van der Waals surface area contributed by atoms with E-state index < -0.39 is 8.07 Å². The van der Waals surface area contributed by atoms with Crippen LogP contribution in [0.2, 0.25) is 25.7 Å². The van der Waals surface area contributed by atoms with Gasteiger partial charge in [-0.15, -0.1) is 0 Å². The summed E-state index contributed by atoms with van der Waals surface area (Å²) in [6.45, 7) is 15.1. The molecule has 0 rings (SSSR count). The Morgan fingerprint density at radius 2 is 1.85 bits per heavy atom. The van der Waals surface area contributed by atoms with E-state index >= 15 is 0 Å². The molecule has 0 saturated heterocycles. The Kier molecular flexibility index (Phi) is 4.93. The molecule has 2 atom stereocenters. The smallest absolute Gasteiger partial charge is 0.0599 e. The second-order valence-electron chi connectivity index (χ2n) is 5.19. The van der Waals surface area contributed by atoms with Crippen molar-refractivity contribution in [3.8, 4) is 0 Å². The van der Waals surface area contributed by atoms with Gasteiger partial charge in [-0.1, -0.05) is 38.7 Å². The van der Waals surface area contributed by atoms with Crippen LogP contribution < -0.4 is 0 Å². The van der Waals surface area contributed by atoms with Crippen LogP contribution in [-0.2, 0) is 0 Å². The van der Waals surface area contributed by atoms with Crippen molar-refractivity contribution in [2.75, 3.05) is 0 Å². The first-order chi connectivity index (χ1) is 5.78. The Labute approximate surface area is 83.9 Å². The first-order valence-electron chi connectivity index (χ1n) is 5.11. The van der Waals surface area contributed by atoms with Crippen LogP contribution in [0.3, 0.4) is 0 Å². The fourth-order valence-corrected chi connectivity index (χ4v) is 3.52. The van der Waals surface area contributed by atoms with Crippen LogP contribution in [0, 0.1) is 5.92 Å². The first kappa shape index (κ1) is 12.9. The third-order valence-electron chi connectivity index (χ3n) is 2.35. The van der Waals surface area contributed by atoms with E-state index in [1.807, 2.05) is 13.8 Å². The highest BCUT2D eigenvalue weighted by molar-refractivity contribution is 6.76. The molecule has 78 valence electrons. The van der Waals surface area contributed by atoms with Crippen molar-refractivity contribution in [2.24, 2.45) is 5.92 Å². The van der Waals surface area contributed by atoms with E-state index in [-0.39, 0.29) is 6.10 Å². The molecule has 0 aliphatic carbocycles. The normalized spacial score (nSPS) is 16.8. The standard InChI is InChI=1S/C11H24OSi/c1-7-11(12)10(9(2)3)8-13(4,5)6/h10-12H,2,7-8H2,1,3-6H3. The number of rotatable bonds is 5. The highest BCUT2D eigenvalue weighted by Gasteiger charge is 2.25. The van der Waals surface area contributed by atoms with Crippen molar-refractivity contribution in [3.05, 3.63) is 12.2 Å². The van der Waals surface area contributed by atoms with Gasteiger partial charge >= 0.3 is 0 Å². The predicted molar refractivity (Wildman–Crippen MR) is 62.8 cm³/mol. The fraction of sp³-hybridized carbons (Fsp3) is 0.818. The maximum Gasteiger partial charge on any atom is 0.0599 e. The lowest BCUT2D eigenvalue weighted by molar-refractivity contribution is 0.128. The molecule has 0 fully saturated rings. The molecular formula is C11H24OSi. The van der Waals surface area contributed by atoms with Gasteiger partial charge in [-0.05, 0) is 19.4 Å². The Hall–Kier alpha value is -0.0831. The number of hydrogen-bond donors (Lipinski definition) is 1.